The van der Waals surface area contributed by atoms with Crippen molar-refractivity contribution in [2.24, 2.45) is 0 Å². The molecule has 1 aromatic carbocycles. The van der Waals surface area contributed by atoms with E-state index in [2.05, 4.69) is 4.74 Å². The molecule has 1 rings (SSSR count). The average molecular weight is 230 g/mol. The van der Waals surface area contributed by atoms with Gasteiger partial charge in [-0.2, -0.15) is 8.78 Å². The fourth-order valence-electron chi connectivity index (χ4n) is 1.03. The average Bonchev–Trinajstić information content (AvgIpc) is 2.19. The fraction of sp³-hybridized carbons (Fsp3) is 0.364. The molecule has 0 amide bonds. The highest BCUT2D eigenvalue weighted by molar-refractivity contribution is 5.75. The van der Waals surface area contributed by atoms with E-state index in [0.717, 1.165) is 0 Å². The van der Waals surface area contributed by atoms with Crippen molar-refractivity contribution in [3.63, 3.8) is 0 Å². The normalized spacial score (nSPS) is 10.2. The molecule has 16 heavy (non-hydrogen) atoms. The number of hydrogen-bond donors (Lipinski definition) is 0. The van der Waals surface area contributed by atoms with Crippen molar-refractivity contribution in [2.45, 2.75) is 20.0 Å². The Morgan fingerprint density at radius 3 is 2.31 bits per heavy atom. The van der Waals surface area contributed by atoms with Crippen LogP contribution in [0.4, 0.5) is 8.78 Å². The zero-order valence-corrected chi connectivity index (χ0v) is 8.78. The number of ketones is 1. The van der Waals surface area contributed by atoms with Gasteiger partial charge in [0.05, 0.1) is 6.61 Å². The van der Waals surface area contributed by atoms with E-state index >= 15 is 0 Å². The first-order valence-corrected chi connectivity index (χ1v) is 4.75. The van der Waals surface area contributed by atoms with E-state index in [-0.39, 0.29) is 18.1 Å². The molecule has 0 aromatic heterocycles. The molecule has 0 aliphatic carbocycles. The standard InChI is InChI=1S/C11H12F2O3/c1-8(14)6-7-15-9-2-4-10(5-3-9)16-11(12)13/h2-5,11H,6-7H2,1H3. The lowest BCUT2D eigenvalue weighted by molar-refractivity contribution is -0.117. The van der Waals surface area contributed by atoms with Gasteiger partial charge in [-0.05, 0) is 31.2 Å². The molecule has 0 spiro atoms. The highest BCUT2D eigenvalue weighted by atomic mass is 19.3. The summed E-state index contributed by atoms with van der Waals surface area (Å²) in [5.41, 5.74) is 0. The van der Waals surface area contributed by atoms with E-state index in [1.807, 2.05) is 0 Å². The lowest BCUT2D eigenvalue weighted by Crippen LogP contribution is -2.03. The molecule has 0 aliphatic heterocycles. The van der Waals surface area contributed by atoms with Crippen LogP contribution >= 0.6 is 0 Å². The highest BCUT2D eigenvalue weighted by Crippen LogP contribution is 2.19. The highest BCUT2D eigenvalue weighted by Gasteiger charge is 2.03. The first kappa shape index (κ1) is 12.4. The molecule has 0 bridgehead atoms. The van der Waals surface area contributed by atoms with Crippen molar-refractivity contribution in [1.29, 1.82) is 0 Å². The van der Waals surface area contributed by atoms with Crippen LogP contribution in [0.2, 0.25) is 0 Å². The van der Waals surface area contributed by atoms with Crippen molar-refractivity contribution in [1.82, 2.24) is 0 Å². The number of ether oxygens (including phenoxy) is 2. The van der Waals surface area contributed by atoms with E-state index in [1.54, 1.807) is 0 Å². The number of rotatable bonds is 6. The number of carbonyl (C=O) groups excluding carboxylic acids is 1. The molecule has 0 radical (unpaired) electrons. The van der Waals surface area contributed by atoms with Crippen LogP contribution in [0.3, 0.4) is 0 Å². The smallest absolute Gasteiger partial charge is 0.387 e. The zero-order valence-electron chi connectivity index (χ0n) is 8.78. The molecule has 5 heteroatoms. The Hall–Kier alpha value is -1.65. The Bertz CT molecular complexity index is 336. The Balaban J connectivity index is 2.42. The van der Waals surface area contributed by atoms with Gasteiger partial charge < -0.3 is 9.47 Å². The fourth-order valence-corrected chi connectivity index (χ4v) is 1.03. The lowest BCUT2D eigenvalue weighted by atomic mass is 10.3. The summed E-state index contributed by atoms with van der Waals surface area (Å²) >= 11 is 0. The maximum Gasteiger partial charge on any atom is 0.387 e. The molecule has 0 aliphatic rings. The molecule has 1 aromatic rings. The van der Waals surface area contributed by atoms with Gasteiger partial charge in [-0.25, -0.2) is 0 Å². The van der Waals surface area contributed by atoms with Gasteiger partial charge in [0.25, 0.3) is 0 Å². The van der Waals surface area contributed by atoms with E-state index < -0.39 is 6.61 Å². The predicted octanol–water partition coefficient (Wildman–Crippen LogP) is 2.65. The second-order valence-corrected chi connectivity index (χ2v) is 3.15. The summed E-state index contributed by atoms with van der Waals surface area (Å²) in [5.74, 6) is 0.634. The summed E-state index contributed by atoms with van der Waals surface area (Å²) < 4.78 is 33.0. The quantitative estimate of drug-likeness (QED) is 0.753. The second-order valence-electron chi connectivity index (χ2n) is 3.15. The first-order valence-electron chi connectivity index (χ1n) is 4.75. The van der Waals surface area contributed by atoms with Crippen molar-refractivity contribution < 1.29 is 23.0 Å². The van der Waals surface area contributed by atoms with Crippen LogP contribution in [0.25, 0.3) is 0 Å². The van der Waals surface area contributed by atoms with Crippen LogP contribution < -0.4 is 9.47 Å². The van der Waals surface area contributed by atoms with Gasteiger partial charge in [-0.15, -0.1) is 0 Å². The monoisotopic (exact) mass is 230 g/mol. The van der Waals surface area contributed by atoms with Gasteiger partial charge >= 0.3 is 6.61 Å². The molecule has 0 saturated heterocycles. The number of benzene rings is 1. The van der Waals surface area contributed by atoms with Crippen molar-refractivity contribution >= 4 is 5.78 Å². The summed E-state index contributed by atoms with van der Waals surface area (Å²) in [6.45, 7) is -1.07. The number of Topliss-reactive ketones (excluding diaryl/α,β-unsaturated/α-hetero) is 1. The maximum absolute atomic E-state index is 11.8. The summed E-state index contributed by atoms with van der Waals surface area (Å²) in [5, 5.41) is 0. The number of halogens is 2. The Morgan fingerprint density at radius 1 is 1.25 bits per heavy atom. The molecule has 0 fully saturated rings. The van der Waals surface area contributed by atoms with Gasteiger partial charge in [-0.1, -0.05) is 0 Å². The number of alkyl halides is 2. The van der Waals surface area contributed by atoms with Crippen LogP contribution in [-0.2, 0) is 4.79 Å². The van der Waals surface area contributed by atoms with Crippen LogP contribution in [0.5, 0.6) is 11.5 Å². The SMILES string of the molecule is CC(=O)CCOc1ccc(OC(F)F)cc1. The van der Waals surface area contributed by atoms with Crippen molar-refractivity contribution in [3.8, 4) is 11.5 Å². The third kappa shape index (κ3) is 4.72. The third-order valence-electron chi connectivity index (χ3n) is 1.77. The van der Waals surface area contributed by atoms with Gasteiger partial charge in [0.15, 0.2) is 0 Å². The summed E-state index contributed by atoms with van der Waals surface area (Å²) in [6, 6.07) is 5.79. The van der Waals surface area contributed by atoms with E-state index in [9.17, 15) is 13.6 Å². The number of hydrogen-bond acceptors (Lipinski definition) is 3. The Morgan fingerprint density at radius 2 is 1.81 bits per heavy atom. The molecule has 0 N–H and O–H groups in total. The van der Waals surface area contributed by atoms with Crippen LogP contribution in [0.15, 0.2) is 24.3 Å². The van der Waals surface area contributed by atoms with E-state index in [4.69, 9.17) is 4.74 Å². The molecule has 3 nitrogen and oxygen atoms in total. The van der Waals surface area contributed by atoms with Crippen LogP contribution in [-0.4, -0.2) is 19.0 Å². The number of carbonyl (C=O) groups is 1. The molecule has 88 valence electrons. The topological polar surface area (TPSA) is 35.5 Å². The van der Waals surface area contributed by atoms with E-state index in [0.29, 0.717) is 12.2 Å². The Kier molecular flexibility index (Phi) is 4.69. The lowest BCUT2D eigenvalue weighted by Gasteiger charge is -2.07. The molecule has 0 atom stereocenters. The Labute approximate surface area is 92.0 Å². The van der Waals surface area contributed by atoms with E-state index in [1.165, 1.54) is 31.2 Å². The minimum atomic E-state index is -2.83. The molecule has 0 unspecified atom stereocenters. The van der Waals surface area contributed by atoms with Crippen LogP contribution in [0, 0.1) is 0 Å². The van der Waals surface area contributed by atoms with Crippen molar-refractivity contribution in [2.75, 3.05) is 6.61 Å². The third-order valence-corrected chi connectivity index (χ3v) is 1.77. The largest absolute Gasteiger partial charge is 0.493 e. The molecule has 0 heterocycles. The maximum atomic E-state index is 11.8. The van der Waals surface area contributed by atoms with Gasteiger partial charge in [0.1, 0.15) is 17.3 Å². The molecular weight excluding hydrogens is 218 g/mol. The second kappa shape index (κ2) is 6.05. The summed E-state index contributed by atoms with van der Waals surface area (Å²) in [7, 11) is 0. The minimum Gasteiger partial charge on any atom is -0.493 e. The summed E-state index contributed by atoms with van der Waals surface area (Å²) in [4.78, 5) is 10.6. The predicted molar refractivity (Wildman–Crippen MR) is 53.9 cm³/mol. The minimum absolute atomic E-state index is 0.0395. The van der Waals surface area contributed by atoms with Gasteiger partial charge in [0.2, 0.25) is 0 Å². The van der Waals surface area contributed by atoms with Gasteiger partial charge in [0, 0.05) is 6.42 Å². The summed E-state index contributed by atoms with van der Waals surface area (Å²) in [6.07, 6.45) is 0.329. The first-order chi connectivity index (χ1) is 7.58. The van der Waals surface area contributed by atoms with Gasteiger partial charge in [-0.3, -0.25) is 4.79 Å². The van der Waals surface area contributed by atoms with Crippen molar-refractivity contribution in [3.05, 3.63) is 24.3 Å². The molecular formula is C11H12F2O3. The van der Waals surface area contributed by atoms with Crippen LogP contribution in [0.1, 0.15) is 13.3 Å². The zero-order chi connectivity index (χ0) is 12.0. The molecule has 0 saturated carbocycles.